The summed E-state index contributed by atoms with van der Waals surface area (Å²) in [6.45, 7) is 3.32. The number of aromatic nitrogens is 4. The lowest BCUT2D eigenvalue weighted by Crippen LogP contribution is -2.42. The van der Waals surface area contributed by atoms with Crippen LogP contribution >= 0.6 is 0 Å². The van der Waals surface area contributed by atoms with E-state index < -0.39 is 35.3 Å². The summed E-state index contributed by atoms with van der Waals surface area (Å²) < 4.78 is 71.7. The maximum absolute atomic E-state index is 14.5. The summed E-state index contributed by atoms with van der Waals surface area (Å²) in [6, 6.07) is 2.79. The topological polar surface area (TPSA) is 73.1 Å². The van der Waals surface area contributed by atoms with Gasteiger partial charge in [-0.15, -0.1) is 4.80 Å². The number of carbonyl (C=O) groups is 1. The average Bonchev–Trinajstić information content (AvgIpc) is 3.26. The van der Waals surface area contributed by atoms with Crippen LogP contribution in [0.15, 0.2) is 42.9 Å². The van der Waals surface area contributed by atoms with E-state index in [-0.39, 0.29) is 30.3 Å². The van der Waals surface area contributed by atoms with Crippen molar-refractivity contribution in [2.75, 3.05) is 13.2 Å². The lowest BCUT2D eigenvalue weighted by molar-refractivity contribution is -0.137. The van der Waals surface area contributed by atoms with Crippen molar-refractivity contribution in [1.82, 2.24) is 24.9 Å². The van der Waals surface area contributed by atoms with Gasteiger partial charge in [-0.2, -0.15) is 23.4 Å². The predicted octanol–water partition coefficient (Wildman–Crippen LogP) is 3.89. The first kappa shape index (κ1) is 23.1. The van der Waals surface area contributed by atoms with E-state index in [2.05, 4.69) is 15.2 Å². The van der Waals surface area contributed by atoms with Gasteiger partial charge in [-0.05, 0) is 26.0 Å². The van der Waals surface area contributed by atoms with E-state index in [0.717, 1.165) is 23.0 Å². The van der Waals surface area contributed by atoms with Crippen LogP contribution in [0.5, 0.6) is 5.88 Å². The van der Waals surface area contributed by atoms with Crippen molar-refractivity contribution in [3.63, 3.8) is 0 Å². The minimum absolute atomic E-state index is 0.0633. The fraction of sp³-hybridized carbons (Fsp3) is 0.300. The molecule has 0 spiro atoms. The van der Waals surface area contributed by atoms with E-state index in [4.69, 9.17) is 4.74 Å². The second-order valence-electron chi connectivity index (χ2n) is 6.74. The van der Waals surface area contributed by atoms with Crippen molar-refractivity contribution in [3.8, 4) is 11.6 Å². The van der Waals surface area contributed by atoms with Crippen LogP contribution < -0.4 is 4.74 Å². The number of hydrogen-bond acceptors (Lipinski definition) is 5. The summed E-state index contributed by atoms with van der Waals surface area (Å²) in [5, 5.41) is 7.62. The molecule has 7 nitrogen and oxygen atoms in total. The molecule has 0 aliphatic heterocycles. The molecular weight excluding hydrogens is 437 g/mol. The molecule has 0 N–H and O–H groups in total. The van der Waals surface area contributed by atoms with Crippen molar-refractivity contribution < 1.29 is 31.5 Å². The van der Waals surface area contributed by atoms with Gasteiger partial charge in [-0.3, -0.25) is 4.79 Å². The van der Waals surface area contributed by atoms with Crippen molar-refractivity contribution in [3.05, 3.63) is 65.6 Å². The van der Waals surface area contributed by atoms with Crippen molar-refractivity contribution in [1.29, 1.82) is 0 Å². The third-order valence-corrected chi connectivity index (χ3v) is 4.55. The molecule has 0 saturated carbocycles. The number of rotatable bonds is 7. The Morgan fingerprint density at radius 2 is 1.88 bits per heavy atom. The highest BCUT2D eigenvalue weighted by atomic mass is 19.4. The Hall–Kier alpha value is -3.57. The highest BCUT2D eigenvalue weighted by Gasteiger charge is 2.31. The van der Waals surface area contributed by atoms with Gasteiger partial charge < -0.3 is 9.64 Å². The van der Waals surface area contributed by atoms with Gasteiger partial charge in [0, 0.05) is 24.9 Å². The molecule has 0 radical (unpaired) electrons. The third-order valence-electron chi connectivity index (χ3n) is 4.55. The molecule has 1 amide bonds. The number of ether oxygens (including phenoxy) is 1. The molecule has 2 heterocycles. The van der Waals surface area contributed by atoms with E-state index in [1.54, 1.807) is 13.8 Å². The fourth-order valence-corrected chi connectivity index (χ4v) is 3.00. The Bertz CT molecular complexity index is 1070. The summed E-state index contributed by atoms with van der Waals surface area (Å²) in [6.07, 6.45) is -1.32. The smallest absolute Gasteiger partial charge is 0.417 e. The standard InChI is InChI=1S/C20H18F5N5O2/c1-3-29(12(2)11-32-17-5-4-13(10-26-17)20(23,24)25)19(31)15-8-14(21)9-16(22)18(15)30-27-6-7-28-30/h4-10,12H,3,11H2,1-2H3/t12-/m0/s1. The number of alkyl halides is 3. The van der Waals surface area contributed by atoms with Crippen LogP contribution in [0, 0.1) is 11.6 Å². The van der Waals surface area contributed by atoms with Gasteiger partial charge in [0.15, 0.2) is 5.82 Å². The Labute approximate surface area is 179 Å². The van der Waals surface area contributed by atoms with Gasteiger partial charge in [0.2, 0.25) is 5.88 Å². The minimum Gasteiger partial charge on any atom is -0.475 e. The molecule has 0 aliphatic rings. The van der Waals surface area contributed by atoms with Gasteiger partial charge in [0.1, 0.15) is 18.1 Å². The molecule has 1 aromatic carbocycles. The van der Waals surface area contributed by atoms with Crippen LogP contribution in [0.3, 0.4) is 0 Å². The molecule has 0 bridgehead atoms. The highest BCUT2D eigenvalue weighted by molar-refractivity contribution is 5.98. The lowest BCUT2D eigenvalue weighted by atomic mass is 10.1. The summed E-state index contributed by atoms with van der Waals surface area (Å²) in [5.74, 6) is -2.73. The molecule has 2 aromatic heterocycles. The summed E-state index contributed by atoms with van der Waals surface area (Å²) in [5.41, 5.74) is -1.52. The van der Waals surface area contributed by atoms with Crippen LogP contribution in [-0.4, -0.2) is 50.0 Å². The van der Waals surface area contributed by atoms with Crippen molar-refractivity contribution in [2.24, 2.45) is 0 Å². The number of nitrogens with zero attached hydrogens (tertiary/aromatic N) is 5. The molecular formula is C20H18F5N5O2. The van der Waals surface area contributed by atoms with Gasteiger partial charge in [0.25, 0.3) is 5.91 Å². The molecule has 12 heteroatoms. The number of likely N-dealkylation sites (N-methyl/N-ethyl adjacent to an activating group) is 1. The second-order valence-corrected chi connectivity index (χ2v) is 6.74. The zero-order valence-electron chi connectivity index (χ0n) is 17.0. The van der Waals surface area contributed by atoms with Gasteiger partial charge in [-0.1, -0.05) is 0 Å². The zero-order chi connectivity index (χ0) is 23.5. The maximum Gasteiger partial charge on any atom is 0.417 e. The van der Waals surface area contributed by atoms with Crippen LogP contribution in [0.4, 0.5) is 22.0 Å². The molecule has 32 heavy (non-hydrogen) atoms. The first-order valence-corrected chi connectivity index (χ1v) is 9.44. The van der Waals surface area contributed by atoms with Gasteiger partial charge >= 0.3 is 6.18 Å². The van der Waals surface area contributed by atoms with E-state index in [1.807, 2.05) is 0 Å². The van der Waals surface area contributed by atoms with Gasteiger partial charge in [0.05, 0.1) is 29.6 Å². The molecule has 3 rings (SSSR count). The van der Waals surface area contributed by atoms with Crippen LogP contribution in [0.25, 0.3) is 5.69 Å². The Balaban J connectivity index is 1.79. The summed E-state index contributed by atoms with van der Waals surface area (Å²) in [7, 11) is 0. The monoisotopic (exact) mass is 455 g/mol. The molecule has 0 saturated heterocycles. The first-order chi connectivity index (χ1) is 15.1. The molecule has 0 aliphatic carbocycles. The Morgan fingerprint density at radius 1 is 1.19 bits per heavy atom. The van der Waals surface area contributed by atoms with E-state index >= 15 is 0 Å². The zero-order valence-corrected chi connectivity index (χ0v) is 17.0. The van der Waals surface area contributed by atoms with Crippen molar-refractivity contribution >= 4 is 5.91 Å². The summed E-state index contributed by atoms with van der Waals surface area (Å²) >= 11 is 0. The quantitative estimate of drug-likeness (QED) is 0.506. The Morgan fingerprint density at radius 3 is 2.44 bits per heavy atom. The molecule has 170 valence electrons. The van der Waals surface area contributed by atoms with Gasteiger partial charge in [-0.25, -0.2) is 13.8 Å². The second kappa shape index (κ2) is 9.28. The fourth-order valence-electron chi connectivity index (χ4n) is 3.00. The average molecular weight is 455 g/mol. The number of pyridine rings is 1. The number of amides is 1. The predicted molar refractivity (Wildman–Crippen MR) is 102 cm³/mol. The van der Waals surface area contributed by atoms with Crippen LogP contribution in [0.1, 0.15) is 29.8 Å². The SMILES string of the molecule is CCN(C(=O)c1cc(F)cc(F)c1-n1nccn1)[C@@H](C)COc1ccc(C(F)(F)F)cn1. The van der Waals surface area contributed by atoms with Crippen LogP contribution in [-0.2, 0) is 6.18 Å². The molecule has 3 aromatic rings. The first-order valence-electron chi connectivity index (χ1n) is 9.44. The largest absolute Gasteiger partial charge is 0.475 e. The number of carbonyl (C=O) groups excluding carboxylic acids is 1. The minimum atomic E-state index is -4.52. The lowest BCUT2D eigenvalue weighted by Gasteiger charge is -2.28. The number of hydrogen-bond donors (Lipinski definition) is 0. The normalized spacial score (nSPS) is 12.5. The van der Waals surface area contributed by atoms with E-state index in [1.165, 1.54) is 17.3 Å². The van der Waals surface area contributed by atoms with E-state index in [0.29, 0.717) is 12.3 Å². The molecule has 1 atom stereocenters. The molecule has 0 unspecified atom stereocenters. The van der Waals surface area contributed by atoms with Crippen molar-refractivity contribution in [2.45, 2.75) is 26.1 Å². The summed E-state index contributed by atoms with van der Waals surface area (Å²) in [4.78, 5) is 18.9. The Kier molecular flexibility index (Phi) is 6.70. The van der Waals surface area contributed by atoms with Crippen LogP contribution in [0.2, 0.25) is 0 Å². The maximum atomic E-state index is 14.5. The van der Waals surface area contributed by atoms with E-state index in [9.17, 15) is 26.7 Å². The highest BCUT2D eigenvalue weighted by Crippen LogP contribution is 2.29. The number of benzene rings is 1. The third kappa shape index (κ3) is 5.01. The number of halogens is 5. The molecule has 0 fully saturated rings.